The molecular formula is C8H19NO4Sn. The van der Waals surface area contributed by atoms with Crippen molar-refractivity contribution >= 4 is 20.0 Å². The van der Waals surface area contributed by atoms with Gasteiger partial charge in [-0.2, -0.15) is 0 Å². The summed E-state index contributed by atoms with van der Waals surface area (Å²) < 4.78 is 21.9. The Bertz CT molecular complexity index is 177. The number of likely N-dealkylation sites (N-methyl/N-ethyl adjacent to an activating group) is 1. The third kappa shape index (κ3) is 3.32. The molecule has 1 aliphatic heterocycles. The Labute approximate surface area is 91.3 Å². The van der Waals surface area contributed by atoms with Crippen molar-refractivity contribution in [3.63, 3.8) is 0 Å². The molecule has 1 atom stereocenters. The predicted molar refractivity (Wildman–Crippen MR) is 53.8 cm³/mol. The molecular weight excluding hydrogens is 293 g/mol. The average molecular weight is 312 g/mol. The van der Waals surface area contributed by atoms with E-state index in [0.29, 0.717) is 6.61 Å². The van der Waals surface area contributed by atoms with Crippen LogP contribution < -0.4 is 0 Å². The zero-order chi connectivity index (χ0) is 10.6. The van der Waals surface area contributed by atoms with Gasteiger partial charge in [-0.15, -0.1) is 0 Å². The van der Waals surface area contributed by atoms with Crippen LogP contribution in [0.1, 0.15) is 6.92 Å². The van der Waals surface area contributed by atoms with Gasteiger partial charge in [0.05, 0.1) is 0 Å². The molecule has 0 aromatic rings. The molecule has 84 valence electrons. The van der Waals surface area contributed by atoms with E-state index in [-0.39, 0.29) is 6.10 Å². The summed E-state index contributed by atoms with van der Waals surface area (Å²) in [7, 11) is 5.24. The summed E-state index contributed by atoms with van der Waals surface area (Å²) in [6, 6.07) is 0. The SMILES string of the molecule is C[O][Sn]1([O]C)[O]CCN(C)CC(C)[O]1. The number of nitrogens with zero attached hydrogens (tertiary/aromatic N) is 1. The van der Waals surface area contributed by atoms with Crippen LogP contribution in [0.4, 0.5) is 0 Å². The van der Waals surface area contributed by atoms with Crippen LogP contribution in [0, 0.1) is 0 Å². The average Bonchev–Trinajstić information content (AvgIpc) is 2.13. The second-order valence-corrected chi connectivity index (χ2v) is 10.1. The van der Waals surface area contributed by atoms with Crippen LogP contribution in [0.5, 0.6) is 0 Å². The van der Waals surface area contributed by atoms with Crippen molar-refractivity contribution in [3.8, 4) is 0 Å². The Morgan fingerprint density at radius 1 is 1.36 bits per heavy atom. The van der Waals surface area contributed by atoms with Gasteiger partial charge in [0.25, 0.3) is 0 Å². The summed E-state index contributed by atoms with van der Waals surface area (Å²) in [5, 5.41) is 0. The molecule has 6 heteroatoms. The van der Waals surface area contributed by atoms with Gasteiger partial charge in [-0.05, 0) is 0 Å². The van der Waals surface area contributed by atoms with Crippen molar-refractivity contribution in [1.82, 2.24) is 4.90 Å². The van der Waals surface area contributed by atoms with Crippen molar-refractivity contribution in [3.05, 3.63) is 0 Å². The minimum absolute atomic E-state index is 0.0935. The fourth-order valence-electron chi connectivity index (χ4n) is 1.47. The molecule has 5 nitrogen and oxygen atoms in total. The molecule has 0 aliphatic carbocycles. The maximum atomic E-state index is 5.75. The first-order valence-electron chi connectivity index (χ1n) is 4.72. The Kier molecular flexibility index (Phi) is 5.08. The quantitative estimate of drug-likeness (QED) is 0.676. The molecule has 1 rings (SSSR count). The molecule has 1 aliphatic rings. The topological polar surface area (TPSA) is 40.2 Å². The van der Waals surface area contributed by atoms with Gasteiger partial charge in [-0.1, -0.05) is 0 Å². The number of rotatable bonds is 2. The van der Waals surface area contributed by atoms with Crippen molar-refractivity contribution < 1.29 is 12.3 Å². The standard InChI is InChI=1S/C6H13NO2.2CH3O.Sn/c1-6(9)5-7(2)3-4-8;2*1-2;/h6H,3-5H2,1-2H3;2*1H3;/q-2;2*-1;+4. The predicted octanol–water partition coefficient (Wildman–Crippen LogP) is 0.0819. The van der Waals surface area contributed by atoms with Crippen molar-refractivity contribution in [1.29, 1.82) is 0 Å². The van der Waals surface area contributed by atoms with Gasteiger partial charge in [-0.3, -0.25) is 0 Å². The van der Waals surface area contributed by atoms with Crippen LogP contribution in [0.25, 0.3) is 0 Å². The molecule has 1 saturated heterocycles. The molecule has 0 bridgehead atoms. The van der Waals surface area contributed by atoms with Gasteiger partial charge in [0, 0.05) is 0 Å². The normalized spacial score (nSPS) is 29.6. The fraction of sp³-hybridized carbons (Fsp3) is 1.00. The van der Waals surface area contributed by atoms with E-state index in [0.717, 1.165) is 13.1 Å². The summed E-state index contributed by atoms with van der Waals surface area (Å²) in [6.45, 7) is 4.39. The van der Waals surface area contributed by atoms with E-state index in [1.165, 1.54) is 0 Å². The van der Waals surface area contributed by atoms with E-state index >= 15 is 0 Å². The van der Waals surface area contributed by atoms with Gasteiger partial charge in [0.2, 0.25) is 0 Å². The van der Waals surface area contributed by atoms with E-state index in [9.17, 15) is 0 Å². The fourth-order valence-corrected chi connectivity index (χ4v) is 5.96. The second-order valence-electron chi connectivity index (χ2n) is 3.45. The van der Waals surface area contributed by atoms with E-state index in [1.807, 2.05) is 14.0 Å². The molecule has 0 aromatic carbocycles. The van der Waals surface area contributed by atoms with Crippen molar-refractivity contribution in [2.45, 2.75) is 13.0 Å². The summed E-state index contributed by atoms with van der Waals surface area (Å²) in [5.41, 5.74) is 0. The molecule has 1 fully saturated rings. The van der Waals surface area contributed by atoms with Crippen LogP contribution in [0.2, 0.25) is 0 Å². The molecule has 0 aromatic heterocycles. The summed E-state index contributed by atoms with van der Waals surface area (Å²) >= 11 is -3.60. The molecule has 1 heterocycles. The van der Waals surface area contributed by atoms with Gasteiger partial charge in [0.15, 0.2) is 0 Å². The molecule has 1 unspecified atom stereocenters. The van der Waals surface area contributed by atoms with Gasteiger partial charge < -0.3 is 0 Å². The maximum absolute atomic E-state index is 5.75. The summed E-state index contributed by atoms with van der Waals surface area (Å²) in [5.74, 6) is 0. The van der Waals surface area contributed by atoms with Crippen molar-refractivity contribution in [2.75, 3.05) is 41.0 Å². The van der Waals surface area contributed by atoms with E-state index in [1.54, 1.807) is 14.2 Å². The molecule has 0 N–H and O–H groups in total. The van der Waals surface area contributed by atoms with Crippen LogP contribution in [-0.2, 0) is 12.3 Å². The molecule has 0 spiro atoms. The summed E-state index contributed by atoms with van der Waals surface area (Å²) in [6.07, 6.45) is 0.0935. The van der Waals surface area contributed by atoms with Gasteiger partial charge in [0.1, 0.15) is 0 Å². The molecule has 0 radical (unpaired) electrons. The Balaban J connectivity index is 2.61. The zero-order valence-corrected chi connectivity index (χ0v) is 12.1. The van der Waals surface area contributed by atoms with E-state index in [2.05, 4.69) is 4.90 Å². The first-order chi connectivity index (χ1) is 6.62. The number of hydrogen-bond acceptors (Lipinski definition) is 5. The van der Waals surface area contributed by atoms with Gasteiger partial charge >= 0.3 is 91.2 Å². The van der Waals surface area contributed by atoms with Crippen molar-refractivity contribution in [2.24, 2.45) is 0 Å². The number of hydrogen-bond donors (Lipinski definition) is 0. The van der Waals surface area contributed by atoms with Crippen LogP contribution >= 0.6 is 0 Å². The molecule has 14 heavy (non-hydrogen) atoms. The molecule has 0 saturated carbocycles. The monoisotopic (exact) mass is 313 g/mol. The Morgan fingerprint density at radius 2 is 2.00 bits per heavy atom. The van der Waals surface area contributed by atoms with E-state index in [4.69, 9.17) is 12.3 Å². The van der Waals surface area contributed by atoms with Crippen LogP contribution in [0.3, 0.4) is 0 Å². The molecule has 0 amide bonds. The minimum atomic E-state index is -3.60. The second kappa shape index (κ2) is 5.62. The first-order valence-corrected chi connectivity index (χ1v) is 9.38. The third-order valence-corrected chi connectivity index (χ3v) is 8.58. The Hall–Kier alpha value is 0.599. The zero-order valence-electron chi connectivity index (χ0n) is 9.28. The summed E-state index contributed by atoms with van der Waals surface area (Å²) in [4.78, 5) is 2.17. The van der Waals surface area contributed by atoms with E-state index < -0.39 is 20.0 Å². The van der Waals surface area contributed by atoms with Crippen LogP contribution in [-0.4, -0.2) is 72.0 Å². The third-order valence-electron chi connectivity index (χ3n) is 2.17. The van der Waals surface area contributed by atoms with Gasteiger partial charge in [-0.25, -0.2) is 0 Å². The van der Waals surface area contributed by atoms with Crippen LogP contribution in [0.15, 0.2) is 0 Å². The first kappa shape index (κ1) is 12.7. The Morgan fingerprint density at radius 3 is 2.57 bits per heavy atom.